The van der Waals surface area contributed by atoms with Gasteiger partial charge in [0.25, 0.3) is 0 Å². The monoisotopic (exact) mass is 203 g/mol. The number of halogens is 3. The van der Waals surface area contributed by atoms with Gasteiger partial charge in [0.1, 0.15) is 6.73 Å². The van der Waals surface area contributed by atoms with E-state index in [0.717, 1.165) is 0 Å². The van der Waals surface area contributed by atoms with E-state index in [0.29, 0.717) is 5.69 Å². The first-order valence-corrected chi connectivity index (χ1v) is 4.10. The Labute approximate surface area is 78.7 Å². The molecule has 1 N–H and O–H groups in total. The lowest BCUT2D eigenvalue weighted by atomic mass is 10.1. The molecule has 1 aromatic carbocycles. The normalized spacial score (nSPS) is 21.2. The van der Waals surface area contributed by atoms with E-state index in [2.05, 4.69) is 10.1 Å². The first-order chi connectivity index (χ1) is 6.59. The van der Waals surface area contributed by atoms with Crippen molar-refractivity contribution in [3.8, 4) is 0 Å². The third-order valence-corrected chi connectivity index (χ3v) is 2.05. The molecular weight excluding hydrogens is 195 g/mol. The summed E-state index contributed by atoms with van der Waals surface area (Å²) in [6, 6.07) is 6.27. The van der Waals surface area contributed by atoms with Crippen molar-refractivity contribution in [2.45, 2.75) is 12.3 Å². The van der Waals surface area contributed by atoms with Crippen LogP contribution < -0.4 is 5.32 Å². The lowest BCUT2D eigenvalue weighted by Crippen LogP contribution is -2.30. The van der Waals surface area contributed by atoms with Gasteiger partial charge in [0.15, 0.2) is 6.10 Å². The summed E-state index contributed by atoms with van der Waals surface area (Å²) >= 11 is 0. The second kappa shape index (κ2) is 3.16. The van der Waals surface area contributed by atoms with E-state index in [4.69, 9.17) is 0 Å². The molecule has 1 atom stereocenters. The van der Waals surface area contributed by atoms with Gasteiger partial charge in [-0.05, 0) is 6.07 Å². The molecule has 0 fully saturated rings. The van der Waals surface area contributed by atoms with Crippen molar-refractivity contribution < 1.29 is 17.9 Å². The molecule has 0 radical (unpaired) electrons. The van der Waals surface area contributed by atoms with E-state index >= 15 is 0 Å². The van der Waals surface area contributed by atoms with Gasteiger partial charge < -0.3 is 10.1 Å². The number of para-hydroxylation sites is 1. The third kappa shape index (κ3) is 1.55. The Hall–Kier alpha value is -1.23. The second-order valence-corrected chi connectivity index (χ2v) is 3.00. The molecule has 1 aliphatic rings. The van der Waals surface area contributed by atoms with Gasteiger partial charge in [0, 0.05) is 11.3 Å². The van der Waals surface area contributed by atoms with Gasteiger partial charge in [-0.25, -0.2) is 0 Å². The van der Waals surface area contributed by atoms with E-state index in [1.807, 2.05) is 0 Å². The summed E-state index contributed by atoms with van der Waals surface area (Å²) in [4.78, 5) is 0. The van der Waals surface area contributed by atoms with E-state index in [1.54, 1.807) is 18.2 Å². The van der Waals surface area contributed by atoms with Gasteiger partial charge in [-0.15, -0.1) is 0 Å². The van der Waals surface area contributed by atoms with E-state index in [9.17, 15) is 13.2 Å². The van der Waals surface area contributed by atoms with Crippen LogP contribution >= 0.6 is 0 Å². The van der Waals surface area contributed by atoms with Crippen LogP contribution in [-0.4, -0.2) is 12.9 Å². The number of nitrogens with one attached hydrogen (secondary N) is 1. The van der Waals surface area contributed by atoms with Crippen LogP contribution in [0, 0.1) is 0 Å². The minimum Gasteiger partial charge on any atom is -0.362 e. The first kappa shape index (κ1) is 9.33. The summed E-state index contributed by atoms with van der Waals surface area (Å²) in [5.41, 5.74) is 0.632. The van der Waals surface area contributed by atoms with Gasteiger partial charge in [0.05, 0.1) is 0 Å². The summed E-state index contributed by atoms with van der Waals surface area (Å²) in [7, 11) is 0. The Morgan fingerprint density at radius 2 is 2.00 bits per heavy atom. The molecule has 0 spiro atoms. The van der Waals surface area contributed by atoms with E-state index in [1.165, 1.54) is 6.07 Å². The quantitative estimate of drug-likeness (QED) is 0.699. The maximum absolute atomic E-state index is 12.5. The predicted molar refractivity (Wildman–Crippen MR) is 44.8 cm³/mol. The SMILES string of the molecule is FC(F)(F)[C@H]1OCNc2ccccc21. The van der Waals surface area contributed by atoms with Crippen molar-refractivity contribution in [2.75, 3.05) is 12.0 Å². The van der Waals surface area contributed by atoms with Crippen molar-refractivity contribution in [1.82, 2.24) is 0 Å². The molecule has 2 nitrogen and oxygen atoms in total. The van der Waals surface area contributed by atoms with Crippen LogP contribution in [-0.2, 0) is 4.74 Å². The van der Waals surface area contributed by atoms with Crippen LogP contribution in [0.4, 0.5) is 18.9 Å². The molecule has 1 heterocycles. The Morgan fingerprint density at radius 1 is 1.29 bits per heavy atom. The van der Waals surface area contributed by atoms with Gasteiger partial charge in [0.2, 0.25) is 0 Å². The molecule has 2 rings (SSSR count). The number of hydrogen-bond donors (Lipinski definition) is 1. The predicted octanol–water partition coefficient (Wildman–Crippen LogP) is 2.69. The fraction of sp³-hybridized carbons (Fsp3) is 0.333. The zero-order valence-electron chi connectivity index (χ0n) is 7.14. The highest BCUT2D eigenvalue weighted by Crippen LogP contribution is 2.40. The number of anilines is 1. The average Bonchev–Trinajstić information content (AvgIpc) is 2.15. The molecule has 0 bridgehead atoms. The number of benzene rings is 1. The molecule has 0 aliphatic carbocycles. The third-order valence-electron chi connectivity index (χ3n) is 2.05. The maximum atomic E-state index is 12.5. The van der Waals surface area contributed by atoms with Crippen LogP contribution in [0.25, 0.3) is 0 Å². The van der Waals surface area contributed by atoms with Gasteiger partial charge in [-0.1, -0.05) is 18.2 Å². The number of hydrogen-bond acceptors (Lipinski definition) is 2. The molecular formula is C9H8F3NO. The molecule has 1 aromatic rings. The average molecular weight is 203 g/mol. The van der Waals surface area contributed by atoms with Crippen molar-refractivity contribution in [3.05, 3.63) is 29.8 Å². The maximum Gasteiger partial charge on any atom is 0.419 e. The van der Waals surface area contributed by atoms with Crippen LogP contribution in [0.15, 0.2) is 24.3 Å². The Morgan fingerprint density at radius 3 is 2.71 bits per heavy atom. The number of ether oxygens (including phenoxy) is 1. The highest BCUT2D eigenvalue weighted by atomic mass is 19.4. The molecule has 0 saturated carbocycles. The molecule has 1 aliphatic heterocycles. The van der Waals surface area contributed by atoms with Crippen molar-refractivity contribution in [3.63, 3.8) is 0 Å². The number of alkyl halides is 3. The Kier molecular flexibility index (Phi) is 2.11. The van der Waals surface area contributed by atoms with Gasteiger partial charge in [-0.2, -0.15) is 13.2 Å². The number of rotatable bonds is 0. The van der Waals surface area contributed by atoms with E-state index in [-0.39, 0.29) is 12.3 Å². The minimum atomic E-state index is -4.35. The second-order valence-electron chi connectivity index (χ2n) is 3.00. The molecule has 0 unspecified atom stereocenters. The van der Waals surface area contributed by atoms with Gasteiger partial charge >= 0.3 is 6.18 Å². The number of fused-ring (bicyclic) bond motifs is 1. The molecule has 0 amide bonds. The smallest absolute Gasteiger partial charge is 0.362 e. The summed E-state index contributed by atoms with van der Waals surface area (Å²) in [6.45, 7) is -0.110. The van der Waals surface area contributed by atoms with Crippen LogP contribution in [0.2, 0.25) is 0 Å². The lowest BCUT2D eigenvalue weighted by molar-refractivity contribution is -0.223. The molecule has 76 valence electrons. The van der Waals surface area contributed by atoms with Crippen molar-refractivity contribution >= 4 is 5.69 Å². The molecule has 5 heteroatoms. The largest absolute Gasteiger partial charge is 0.419 e. The van der Waals surface area contributed by atoms with Crippen LogP contribution in [0.3, 0.4) is 0 Å². The fourth-order valence-corrected chi connectivity index (χ4v) is 1.45. The van der Waals surface area contributed by atoms with Crippen LogP contribution in [0.5, 0.6) is 0 Å². The zero-order valence-corrected chi connectivity index (χ0v) is 7.14. The molecule has 14 heavy (non-hydrogen) atoms. The summed E-state index contributed by atoms with van der Waals surface area (Å²) in [5, 5.41) is 2.74. The minimum absolute atomic E-state index is 0.110. The highest BCUT2D eigenvalue weighted by molar-refractivity contribution is 5.53. The van der Waals surface area contributed by atoms with Gasteiger partial charge in [-0.3, -0.25) is 0 Å². The standard InChI is InChI=1S/C9H8F3NO/c10-9(11,12)8-6-3-1-2-4-7(6)13-5-14-8/h1-4,8,13H,5H2/t8-/m0/s1. The fourth-order valence-electron chi connectivity index (χ4n) is 1.45. The summed E-state index contributed by atoms with van der Waals surface area (Å²) < 4.78 is 42.0. The summed E-state index contributed by atoms with van der Waals surface area (Å²) in [6.07, 6.45) is -6.15. The molecule has 0 saturated heterocycles. The highest BCUT2D eigenvalue weighted by Gasteiger charge is 2.44. The topological polar surface area (TPSA) is 21.3 Å². The summed E-state index contributed by atoms with van der Waals surface area (Å²) in [5.74, 6) is 0. The first-order valence-electron chi connectivity index (χ1n) is 4.10. The molecule has 0 aromatic heterocycles. The lowest BCUT2D eigenvalue weighted by Gasteiger charge is -2.28. The van der Waals surface area contributed by atoms with Crippen molar-refractivity contribution in [2.24, 2.45) is 0 Å². The van der Waals surface area contributed by atoms with E-state index < -0.39 is 12.3 Å². The van der Waals surface area contributed by atoms with Crippen molar-refractivity contribution in [1.29, 1.82) is 0 Å². The Balaban J connectivity index is 2.41. The van der Waals surface area contributed by atoms with Crippen LogP contribution in [0.1, 0.15) is 11.7 Å². The zero-order chi connectivity index (χ0) is 10.2. The Bertz CT molecular complexity index is 337.